The Labute approximate surface area is 173 Å². The SMILES string of the molecule is O=[N+]([O-])c1ccc(-c2ncn(CN3CCN(Cc4ccc(Cl)cc4)CC3)n2)cc1. The number of nitrogens with zero attached hydrogens (tertiary/aromatic N) is 6. The summed E-state index contributed by atoms with van der Waals surface area (Å²) < 4.78 is 1.81. The van der Waals surface area contributed by atoms with Crippen molar-refractivity contribution in [3.8, 4) is 11.4 Å². The van der Waals surface area contributed by atoms with E-state index in [0.29, 0.717) is 12.5 Å². The molecule has 3 aromatic rings. The van der Waals surface area contributed by atoms with Crippen molar-refractivity contribution in [3.05, 3.63) is 75.6 Å². The largest absolute Gasteiger partial charge is 0.297 e. The van der Waals surface area contributed by atoms with Crippen LogP contribution in [0.2, 0.25) is 5.02 Å². The lowest BCUT2D eigenvalue weighted by molar-refractivity contribution is -0.384. The third-order valence-corrected chi connectivity index (χ3v) is 5.25. The van der Waals surface area contributed by atoms with Gasteiger partial charge in [-0.2, -0.15) is 0 Å². The lowest BCUT2D eigenvalue weighted by Crippen LogP contribution is -2.46. The van der Waals surface area contributed by atoms with E-state index in [-0.39, 0.29) is 5.69 Å². The summed E-state index contributed by atoms with van der Waals surface area (Å²) in [5.74, 6) is 0.571. The number of nitro benzene ring substituents is 1. The van der Waals surface area contributed by atoms with Crippen LogP contribution in [0.3, 0.4) is 0 Å². The van der Waals surface area contributed by atoms with Crippen LogP contribution in [-0.2, 0) is 13.2 Å². The molecule has 1 aromatic heterocycles. The number of aromatic nitrogens is 3. The van der Waals surface area contributed by atoms with Crippen LogP contribution < -0.4 is 0 Å². The second-order valence-corrected chi connectivity index (χ2v) is 7.51. The summed E-state index contributed by atoms with van der Waals surface area (Å²) in [4.78, 5) is 19.5. The molecule has 0 aliphatic carbocycles. The van der Waals surface area contributed by atoms with Gasteiger partial charge < -0.3 is 0 Å². The molecule has 0 radical (unpaired) electrons. The molecule has 29 heavy (non-hydrogen) atoms. The number of hydrogen-bond donors (Lipinski definition) is 0. The highest BCUT2D eigenvalue weighted by atomic mass is 35.5. The first-order valence-corrected chi connectivity index (χ1v) is 9.78. The molecular formula is C20H21ClN6O2. The molecule has 9 heteroatoms. The Morgan fingerprint density at radius 3 is 2.28 bits per heavy atom. The number of halogens is 1. The quantitative estimate of drug-likeness (QED) is 0.456. The topological polar surface area (TPSA) is 80.3 Å². The lowest BCUT2D eigenvalue weighted by Gasteiger charge is -2.34. The van der Waals surface area contributed by atoms with Crippen molar-refractivity contribution >= 4 is 17.3 Å². The molecule has 150 valence electrons. The van der Waals surface area contributed by atoms with Gasteiger partial charge >= 0.3 is 0 Å². The van der Waals surface area contributed by atoms with Gasteiger partial charge in [0.15, 0.2) is 5.82 Å². The Morgan fingerprint density at radius 1 is 0.966 bits per heavy atom. The third kappa shape index (κ3) is 4.97. The van der Waals surface area contributed by atoms with E-state index in [1.54, 1.807) is 18.5 Å². The number of benzene rings is 2. The minimum absolute atomic E-state index is 0.0599. The average Bonchev–Trinajstić information content (AvgIpc) is 3.20. The van der Waals surface area contributed by atoms with Crippen LogP contribution in [0, 0.1) is 10.1 Å². The van der Waals surface area contributed by atoms with Gasteiger partial charge in [0.25, 0.3) is 5.69 Å². The van der Waals surface area contributed by atoms with E-state index in [9.17, 15) is 10.1 Å². The first-order valence-electron chi connectivity index (χ1n) is 9.40. The van der Waals surface area contributed by atoms with Crippen molar-refractivity contribution < 1.29 is 4.92 Å². The molecule has 0 bridgehead atoms. The maximum absolute atomic E-state index is 10.8. The zero-order valence-electron chi connectivity index (χ0n) is 15.8. The monoisotopic (exact) mass is 412 g/mol. The van der Waals surface area contributed by atoms with Crippen molar-refractivity contribution in [2.75, 3.05) is 26.2 Å². The van der Waals surface area contributed by atoms with Crippen molar-refractivity contribution in [2.24, 2.45) is 0 Å². The van der Waals surface area contributed by atoms with Crippen LogP contribution in [0.1, 0.15) is 5.56 Å². The van der Waals surface area contributed by atoms with E-state index < -0.39 is 4.92 Å². The summed E-state index contributed by atoms with van der Waals surface area (Å²) >= 11 is 5.95. The number of piperazine rings is 1. The predicted molar refractivity (Wildman–Crippen MR) is 110 cm³/mol. The van der Waals surface area contributed by atoms with Crippen LogP contribution in [0.5, 0.6) is 0 Å². The minimum atomic E-state index is -0.414. The van der Waals surface area contributed by atoms with Crippen LogP contribution in [0.25, 0.3) is 11.4 Å². The second-order valence-electron chi connectivity index (χ2n) is 7.07. The normalized spacial score (nSPS) is 15.5. The number of rotatable bonds is 6. The maximum atomic E-state index is 10.8. The van der Waals surface area contributed by atoms with Gasteiger partial charge in [-0.05, 0) is 29.8 Å². The molecule has 1 aliphatic heterocycles. The molecule has 0 spiro atoms. The zero-order valence-corrected chi connectivity index (χ0v) is 16.6. The Balaban J connectivity index is 1.29. The van der Waals surface area contributed by atoms with Crippen molar-refractivity contribution in [1.29, 1.82) is 0 Å². The fourth-order valence-corrected chi connectivity index (χ4v) is 3.50. The van der Waals surface area contributed by atoms with Gasteiger partial charge in [-0.1, -0.05) is 23.7 Å². The van der Waals surface area contributed by atoms with E-state index in [1.807, 2.05) is 16.8 Å². The molecule has 0 unspecified atom stereocenters. The van der Waals surface area contributed by atoms with Gasteiger partial charge in [-0.15, -0.1) is 5.10 Å². The highest BCUT2D eigenvalue weighted by molar-refractivity contribution is 6.30. The summed E-state index contributed by atoms with van der Waals surface area (Å²) in [5.41, 5.74) is 2.10. The number of hydrogen-bond acceptors (Lipinski definition) is 6. The third-order valence-electron chi connectivity index (χ3n) is 5.00. The van der Waals surface area contributed by atoms with E-state index in [0.717, 1.165) is 43.3 Å². The van der Waals surface area contributed by atoms with Crippen LogP contribution in [0.4, 0.5) is 5.69 Å². The van der Waals surface area contributed by atoms with Gasteiger partial charge in [0.1, 0.15) is 6.33 Å². The Hall–Kier alpha value is -2.81. The molecule has 0 atom stereocenters. The summed E-state index contributed by atoms with van der Waals surface area (Å²) in [6.07, 6.45) is 1.71. The van der Waals surface area contributed by atoms with Crippen LogP contribution >= 0.6 is 11.6 Å². The van der Waals surface area contributed by atoms with E-state index in [4.69, 9.17) is 11.6 Å². The van der Waals surface area contributed by atoms with Gasteiger partial charge in [-0.3, -0.25) is 19.9 Å². The van der Waals surface area contributed by atoms with Crippen LogP contribution in [0.15, 0.2) is 54.9 Å². The summed E-state index contributed by atoms with van der Waals surface area (Å²) in [6.45, 7) is 5.51. The van der Waals surface area contributed by atoms with E-state index in [1.165, 1.54) is 17.7 Å². The fraction of sp³-hybridized carbons (Fsp3) is 0.300. The summed E-state index contributed by atoms with van der Waals surface area (Å²) in [7, 11) is 0. The van der Waals surface area contributed by atoms with Gasteiger partial charge in [0.2, 0.25) is 0 Å². The highest BCUT2D eigenvalue weighted by Gasteiger charge is 2.18. The summed E-state index contributed by atoms with van der Waals surface area (Å²) in [6, 6.07) is 14.3. The first kappa shape index (κ1) is 19.5. The van der Waals surface area contributed by atoms with Gasteiger partial charge in [0.05, 0.1) is 11.6 Å². The van der Waals surface area contributed by atoms with Crippen molar-refractivity contribution in [1.82, 2.24) is 24.6 Å². The minimum Gasteiger partial charge on any atom is -0.297 e. The standard InChI is InChI=1S/C20H21ClN6O2/c21-18-5-1-16(2-6-18)13-24-9-11-25(12-10-24)15-26-14-22-20(23-26)17-3-7-19(8-4-17)27(28)29/h1-8,14H,9-13,15H2. The smallest absolute Gasteiger partial charge is 0.269 e. The summed E-state index contributed by atoms with van der Waals surface area (Å²) in [5, 5.41) is 16.0. The number of non-ortho nitro benzene ring substituents is 1. The molecule has 2 aromatic carbocycles. The average molecular weight is 413 g/mol. The van der Waals surface area contributed by atoms with Crippen LogP contribution in [-0.4, -0.2) is 55.7 Å². The van der Waals surface area contributed by atoms with Crippen molar-refractivity contribution in [2.45, 2.75) is 13.2 Å². The molecule has 8 nitrogen and oxygen atoms in total. The Morgan fingerprint density at radius 2 is 1.62 bits per heavy atom. The molecule has 0 amide bonds. The van der Waals surface area contributed by atoms with Gasteiger partial charge in [-0.25, -0.2) is 9.67 Å². The molecule has 4 rings (SSSR count). The predicted octanol–water partition coefficient (Wildman–Crippen LogP) is 3.28. The second kappa shape index (κ2) is 8.69. The molecule has 0 N–H and O–H groups in total. The molecule has 0 saturated carbocycles. The fourth-order valence-electron chi connectivity index (χ4n) is 3.37. The lowest BCUT2D eigenvalue weighted by atomic mass is 10.2. The number of nitro groups is 1. The van der Waals surface area contributed by atoms with Gasteiger partial charge in [0, 0.05) is 55.4 Å². The highest BCUT2D eigenvalue weighted by Crippen LogP contribution is 2.19. The molecular weight excluding hydrogens is 392 g/mol. The Kier molecular flexibility index (Phi) is 5.84. The van der Waals surface area contributed by atoms with E-state index in [2.05, 4.69) is 32.0 Å². The molecule has 1 fully saturated rings. The zero-order chi connectivity index (χ0) is 20.2. The maximum Gasteiger partial charge on any atom is 0.269 e. The van der Waals surface area contributed by atoms with E-state index >= 15 is 0 Å². The molecule has 1 aliphatic rings. The molecule has 1 saturated heterocycles. The first-order chi connectivity index (χ1) is 14.1. The Bertz CT molecular complexity index is 965. The van der Waals surface area contributed by atoms with Crippen molar-refractivity contribution in [3.63, 3.8) is 0 Å². The molecule has 2 heterocycles.